The van der Waals surface area contributed by atoms with E-state index >= 15 is 0 Å². The second-order valence-electron chi connectivity index (χ2n) is 6.08. The summed E-state index contributed by atoms with van der Waals surface area (Å²) in [5.41, 5.74) is 3.41. The van der Waals surface area contributed by atoms with Crippen molar-refractivity contribution in [3.05, 3.63) is 59.2 Å². The third kappa shape index (κ3) is 1.99. The lowest BCUT2D eigenvalue weighted by molar-refractivity contribution is 0.0655. The predicted octanol–water partition coefficient (Wildman–Crippen LogP) is 3.91. The van der Waals surface area contributed by atoms with Gasteiger partial charge >= 0.3 is 11.9 Å². The molecular weight excluding hydrogens is 334 g/mol. The molecule has 0 aliphatic heterocycles. The number of ether oxygens (including phenoxy) is 1. The molecule has 0 aliphatic rings. The van der Waals surface area contributed by atoms with Crippen molar-refractivity contribution in [1.82, 2.24) is 4.40 Å². The fraction of sp³-hybridized carbons (Fsp3) is 0.100. The van der Waals surface area contributed by atoms with E-state index < -0.39 is 11.9 Å². The van der Waals surface area contributed by atoms with Crippen LogP contribution in [0.1, 0.15) is 26.3 Å². The minimum Gasteiger partial charge on any atom is -0.497 e. The highest BCUT2D eigenvalue weighted by atomic mass is 16.5. The van der Waals surface area contributed by atoms with Gasteiger partial charge in [0.1, 0.15) is 16.9 Å². The van der Waals surface area contributed by atoms with E-state index in [-0.39, 0.29) is 11.1 Å². The Morgan fingerprint density at radius 2 is 1.58 bits per heavy atom. The second-order valence-corrected chi connectivity index (χ2v) is 6.08. The summed E-state index contributed by atoms with van der Waals surface area (Å²) in [4.78, 5) is 23.9. The lowest BCUT2D eigenvalue weighted by Crippen LogP contribution is -2.06. The van der Waals surface area contributed by atoms with Crippen LogP contribution in [0.2, 0.25) is 0 Å². The van der Waals surface area contributed by atoms with Crippen LogP contribution in [0.25, 0.3) is 27.7 Å². The van der Waals surface area contributed by atoms with Crippen molar-refractivity contribution in [2.75, 3.05) is 7.11 Å². The number of aromatic carboxylic acids is 2. The highest BCUT2D eigenvalue weighted by Crippen LogP contribution is 2.42. The van der Waals surface area contributed by atoms with E-state index in [4.69, 9.17) is 4.74 Å². The van der Waals surface area contributed by atoms with E-state index in [0.29, 0.717) is 22.3 Å². The minimum atomic E-state index is -1.28. The van der Waals surface area contributed by atoms with Crippen molar-refractivity contribution in [2.45, 2.75) is 6.92 Å². The molecule has 2 N–H and O–H groups in total. The normalized spacial score (nSPS) is 11.3. The lowest BCUT2D eigenvalue weighted by atomic mass is 9.99. The Hall–Kier alpha value is -3.54. The highest BCUT2D eigenvalue weighted by Gasteiger charge is 2.31. The Labute approximate surface area is 148 Å². The summed E-state index contributed by atoms with van der Waals surface area (Å²) in [5.74, 6) is -2.07. The van der Waals surface area contributed by atoms with E-state index in [9.17, 15) is 19.8 Å². The molecule has 26 heavy (non-hydrogen) atoms. The number of nitrogens with zero attached hydrogens (tertiary/aromatic N) is 1. The molecule has 0 spiro atoms. The third-order valence-corrected chi connectivity index (χ3v) is 4.73. The topological polar surface area (TPSA) is 88.2 Å². The number of hydrogen-bond donors (Lipinski definition) is 2. The summed E-state index contributed by atoms with van der Waals surface area (Å²) in [6.07, 6.45) is 0. The van der Waals surface area contributed by atoms with Crippen LogP contribution >= 0.6 is 0 Å². The predicted molar refractivity (Wildman–Crippen MR) is 96.7 cm³/mol. The zero-order valence-corrected chi connectivity index (χ0v) is 14.1. The summed E-state index contributed by atoms with van der Waals surface area (Å²) >= 11 is 0. The maximum atomic E-state index is 12.0. The van der Waals surface area contributed by atoms with E-state index in [1.165, 1.54) is 7.11 Å². The number of hydrogen-bond acceptors (Lipinski definition) is 3. The van der Waals surface area contributed by atoms with Crippen LogP contribution in [0.15, 0.2) is 42.5 Å². The van der Waals surface area contributed by atoms with Gasteiger partial charge in [-0.2, -0.15) is 0 Å². The van der Waals surface area contributed by atoms with Gasteiger partial charge in [0, 0.05) is 17.7 Å². The number of carboxylic acids is 2. The van der Waals surface area contributed by atoms with Gasteiger partial charge in [0.2, 0.25) is 0 Å². The average Bonchev–Trinajstić information content (AvgIpc) is 3.11. The van der Waals surface area contributed by atoms with Crippen LogP contribution in [0, 0.1) is 6.92 Å². The number of carboxylic acid groups (broad SMARTS) is 2. The molecule has 0 saturated heterocycles. The first-order valence-corrected chi connectivity index (χ1v) is 7.95. The van der Waals surface area contributed by atoms with Crippen LogP contribution in [-0.4, -0.2) is 33.7 Å². The van der Waals surface area contributed by atoms with E-state index in [2.05, 4.69) is 0 Å². The fourth-order valence-electron chi connectivity index (χ4n) is 3.67. The molecule has 4 rings (SSSR count). The smallest absolute Gasteiger partial charge is 0.338 e. The molecule has 0 fully saturated rings. The van der Waals surface area contributed by atoms with Crippen LogP contribution < -0.4 is 4.74 Å². The summed E-state index contributed by atoms with van der Waals surface area (Å²) in [6.45, 7) is 1.90. The number of aryl methyl sites for hydroxylation is 1. The Kier molecular flexibility index (Phi) is 3.37. The molecule has 130 valence electrons. The maximum absolute atomic E-state index is 12.0. The van der Waals surface area contributed by atoms with Gasteiger partial charge in [-0.3, -0.25) is 0 Å². The number of pyridine rings is 1. The van der Waals surface area contributed by atoms with Crippen molar-refractivity contribution in [1.29, 1.82) is 0 Å². The molecular formula is C20H15NO5. The molecule has 0 amide bonds. The zero-order valence-electron chi connectivity index (χ0n) is 14.1. The van der Waals surface area contributed by atoms with Gasteiger partial charge in [-0.15, -0.1) is 0 Å². The summed E-state index contributed by atoms with van der Waals surface area (Å²) < 4.78 is 7.01. The molecule has 4 aromatic rings. The average molecular weight is 349 g/mol. The van der Waals surface area contributed by atoms with Crippen LogP contribution in [-0.2, 0) is 0 Å². The quantitative estimate of drug-likeness (QED) is 0.583. The summed E-state index contributed by atoms with van der Waals surface area (Å²) in [6, 6.07) is 12.7. The van der Waals surface area contributed by atoms with Gasteiger partial charge in [0.05, 0.1) is 23.7 Å². The molecule has 0 radical (unpaired) electrons. The molecule has 1 aromatic carbocycles. The number of benzene rings is 1. The number of methoxy groups -OCH3 is 1. The van der Waals surface area contributed by atoms with Gasteiger partial charge in [-0.05, 0) is 18.1 Å². The Balaban J connectivity index is 2.31. The second kappa shape index (κ2) is 5.49. The Morgan fingerprint density at radius 1 is 0.962 bits per heavy atom. The van der Waals surface area contributed by atoms with Crippen molar-refractivity contribution in [3.8, 4) is 16.9 Å². The first-order valence-electron chi connectivity index (χ1n) is 7.95. The molecule has 0 aliphatic carbocycles. The first kappa shape index (κ1) is 16.0. The molecule has 6 heteroatoms. The Bertz CT molecular complexity index is 1170. The van der Waals surface area contributed by atoms with E-state index in [1.807, 2.05) is 37.3 Å². The molecule has 0 atom stereocenters. The molecule has 0 saturated carbocycles. The van der Waals surface area contributed by atoms with Gasteiger partial charge < -0.3 is 19.4 Å². The molecule has 0 bridgehead atoms. The monoisotopic (exact) mass is 349 g/mol. The first-order chi connectivity index (χ1) is 12.5. The van der Waals surface area contributed by atoms with Crippen molar-refractivity contribution in [3.63, 3.8) is 0 Å². The molecule has 6 nitrogen and oxygen atoms in total. The molecule has 3 aromatic heterocycles. The maximum Gasteiger partial charge on any atom is 0.338 e. The number of rotatable bonds is 4. The van der Waals surface area contributed by atoms with Gasteiger partial charge in [-0.1, -0.05) is 30.3 Å². The van der Waals surface area contributed by atoms with Crippen molar-refractivity contribution >= 4 is 28.5 Å². The van der Waals surface area contributed by atoms with Crippen LogP contribution in [0.4, 0.5) is 0 Å². The van der Waals surface area contributed by atoms with Gasteiger partial charge in [-0.25, -0.2) is 9.59 Å². The van der Waals surface area contributed by atoms with Crippen molar-refractivity contribution < 1.29 is 24.5 Å². The minimum absolute atomic E-state index is 0.206. The van der Waals surface area contributed by atoms with Crippen LogP contribution in [0.5, 0.6) is 5.75 Å². The van der Waals surface area contributed by atoms with E-state index in [1.54, 1.807) is 16.5 Å². The van der Waals surface area contributed by atoms with Gasteiger partial charge in [0.25, 0.3) is 0 Å². The molecule has 3 heterocycles. The SMILES string of the molecule is COc1cc2c(C)c(-c3ccccc3)c3c(C(=O)O)c(C(=O)O)c(c1)n23. The zero-order chi connectivity index (χ0) is 18.6. The highest BCUT2D eigenvalue weighted by molar-refractivity contribution is 6.17. The standard InChI is InChI=1S/C20H15NO5/c1-10-13-8-12(26-2)9-14-16(19(22)23)17(20(24)25)18(21(13)14)15(10)11-6-4-3-5-7-11/h3-9H,1-2H3,(H,22,23)(H,24,25). The summed E-state index contributed by atoms with van der Waals surface area (Å²) in [5, 5.41) is 19.5. The van der Waals surface area contributed by atoms with Crippen LogP contribution in [0.3, 0.4) is 0 Å². The van der Waals surface area contributed by atoms with Crippen molar-refractivity contribution in [2.24, 2.45) is 0 Å². The third-order valence-electron chi connectivity index (χ3n) is 4.73. The largest absolute Gasteiger partial charge is 0.497 e. The lowest BCUT2D eigenvalue weighted by Gasteiger charge is -2.05. The number of aromatic nitrogens is 1. The molecule has 0 unspecified atom stereocenters. The Morgan fingerprint density at radius 3 is 2.15 bits per heavy atom. The van der Waals surface area contributed by atoms with Gasteiger partial charge in [0.15, 0.2) is 0 Å². The van der Waals surface area contributed by atoms with E-state index in [0.717, 1.165) is 16.6 Å². The fourth-order valence-corrected chi connectivity index (χ4v) is 3.67. The summed E-state index contributed by atoms with van der Waals surface area (Å²) in [7, 11) is 1.49. The number of carbonyl (C=O) groups is 2.